The van der Waals surface area contributed by atoms with Crippen molar-refractivity contribution in [2.45, 2.75) is 26.7 Å². The number of rotatable bonds is 6. The Morgan fingerprint density at radius 2 is 1.71 bits per heavy atom. The highest BCUT2D eigenvalue weighted by molar-refractivity contribution is 5.97. The predicted molar refractivity (Wildman–Crippen MR) is 92.7 cm³/mol. The summed E-state index contributed by atoms with van der Waals surface area (Å²) >= 11 is 0. The second-order valence-electron chi connectivity index (χ2n) is 5.45. The van der Waals surface area contributed by atoms with Gasteiger partial charge in [-0.2, -0.15) is 0 Å². The van der Waals surface area contributed by atoms with Gasteiger partial charge in [-0.1, -0.05) is 43.3 Å². The molecular weight excluding hydrogens is 304 g/mol. The van der Waals surface area contributed by atoms with Crippen molar-refractivity contribution in [2.24, 2.45) is 0 Å². The van der Waals surface area contributed by atoms with Crippen molar-refractivity contribution in [3.8, 4) is 5.75 Å². The van der Waals surface area contributed by atoms with E-state index >= 15 is 0 Å². The number of para-hydroxylation sites is 1. The van der Waals surface area contributed by atoms with Gasteiger partial charge in [0.2, 0.25) is 5.91 Å². The van der Waals surface area contributed by atoms with E-state index in [2.05, 4.69) is 10.9 Å². The van der Waals surface area contributed by atoms with Crippen molar-refractivity contribution >= 4 is 11.8 Å². The van der Waals surface area contributed by atoms with E-state index in [0.29, 0.717) is 17.9 Å². The topological polar surface area (TPSA) is 67.4 Å². The molecule has 24 heavy (non-hydrogen) atoms. The molecule has 126 valence electrons. The molecule has 0 saturated heterocycles. The van der Waals surface area contributed by atoms with E-state index in [-0.39, 0.29) is 12.3 Å². The van der Waals surface area contributed by atoms with Gasteiger partial charge in [-0.05, 0) is 36.6 Å². The summed E-state index contributed by atoms with van der Waals surface area (Å²) in [6, 6.07) is 14.6. The first-order valence-electron chi connectivity index (χ1n) is 7.97. The molecule has 0 aliphatic carbocycles. The summed E-state index contributed by atoms with van der Waals surface area (Å²) in [5.74, 6) is -0.172. The molecule has 0 bridgehead atoms. The Hall–Kier alpha value is -2.82. The fraction of sp³-hybridized carbons (Fsp3) is 0.263. The third-order valence-corrected chi connectivity index (χ3v) is 3.52. The molecule has 2 aromatic rings. The Morgan fingerprint density at radius 1 is 1.00 bits per heavy atom. The van der Waals surface area contributed by atoms with Crippen LogP contribution in [0.3, 0.4) is 0 Å². The Kier molecular flexibility index (Phi) is 6.37. The minimum absolute atomic E-state index is 0.209. The van der Waals surface area contributed by atoms with Crippen LogP contribution in [0.15, 0.2) is 48.5 Å². The summed E-state index contributed by atoms with van der Waals surface area (Å²) in [6.07, 6.45) is 1.06. The minimum Gasteiger partial charge on any atom is -0.493 e. The third kappa shape index (κ3) is 4.84. The van der Waals surface area contributed by atoms with Crippen LogP contribution in [0.25, 0.3) is 0 Å². The first-order valence-corrected chi connectivity index (χ1v) is 7.97. The Bertz CT molecular complexity index is 713. The molecule has 0 unspecified atom stereocenters. The lowest BCUT2D eigenvalue weighted by Crippen LogP contribution is -2.42. The number of amides is 2. The number of nitrogens with one attached hydrogen (secondary N) is 2. The summed E-state index contributed by atoms with van der Waals surface area (Å²) in [7, 11) is 0. The highest BCUT2D eigenvalue weighted by atomic mass is 16.5. The molecule has 0 radical (unpaired) electrons. The first-order chi connectivity index (χ1) is 11.6. The van der Waals surface area contributed by atoms with E-state index in [9.17, 15) is 9.59 Å². The number of hydrogen-bond donors (Lipinski definition) is 2. The summed E-state index contributed by atoms with van der Waals surface area (Å²) in [5.41, 5.74) is 7.24. The van der Waals surface area contributed by atoms with Crippen LogP contribution in [0.1, 0.15) is 34.8 Å². The van der Waals surface area contributed by atoms with Gasteiger partial charge in [-0.25, -0.2) is 0 Å². The molecule has 0 fully saturated rings. The van der Waals surface area contributed by atoms with Gasteiger partial charge in [-0.15, -0.1) is 0 Å². The molecule has 0 saturated carbocycles. The number of carbonyl (C=O) groups is 2. The molecule has 5 nitrogen and oxygen atoms in total. The van der Waals surface area contributed by atoms with Crippen LogP contribution >= 0.6 is 0 Å². The first kappa shape index (κ1) is 17.5. The van der Waals surface area contributed by atoms with E-state index in [4.69, 9.17) is 4.74 Å². The van der Waals surface area contributed by atoms with Gasteiger partial charge in [0.25, 0.3) is 5.91 Å². The standard InChI is InChI=1S/C19H22N2O3/c1-3-12-24-17-11-7-6-10-16(17)19(23)21-20-18(22)13-15-9-5-4-8-14(15)2/h4-11H,3,12-13H2,1-2H3,(H,20,22)(H,21,23). The fourth-order valence-electron chi connectivity index (χ4n) is 2.21. The molecule has 0 atom stereocenters. The van der Waals surface area contributed by atoms with Gasteiger partial charge in [0.05, 0.1) is 18.6 Å². The summed E-state index contributed by atoms with van der Waals surface area (Å²) in [4.78, 5) is 24.2. The maximum atomic E-state index is 12.2. The van der Waals surface area contributed by atoms with Crippen LogP contribution in [0, 0.1) is 6.92 Å². The number of benzene rings is 2. The lowest BCUT2D eigenvalue weighted by Gasteiger charge is -2.12. The number of ether oxygens (including phenoxy) is 1. The lowest BCUT2D eigenvalue weighted by atomic mass is 10.1. The lowest BCUT2D eigenvalue weighted by molar-refractivity contribution is -0.121. The van der Waals surface area contributed by atoms with Crippen LogP contribution in [0.4, 0.5) is 0 Å². The number of hydrogen-bond acceptors (Lipinski definition) is 3. The molecule has 0 aliphatic rings. The molecule has 2 aromatic carbocycles. The van der Waals surface area contributed by atoms with Gasteiger partial charge in [0.15, 0.2) is 0 Å². The molecule has 0 spiro atoms. The van der Waals surface area contributed by atoms with Crippen molar-refractivity contribution in [2.75, 3.05) is 6.61 Å². The highest BCUT2D eigenvalue weighted by Gasteiger charge is 2.13. The van der Waals surface area contributed by atoms with Crippen molar-refractivity contribution < 1.29 is 14.3 Å². The summed E-state index contributed by atoms with van der Waals surface area (Å²) in [5, 5.41) is 0. The molecule has 2 rings (SSSR count). The van der Waals surface area contributed by atoms with E-state index in [1.54, 1.807) is 24.3 Å². The average Bonchev–Trinajstić information content (AvgIpc) is 2.60. The van der Waals surface area contributed by atoms with Crippen molar-refractivity contribution in [3.05, 3.63) is 65.2 Å². The zero-order chi connectivity index (χ0) is 17.4. The third-order valence-electron chi connectivity index (χ3n) is 3.52. The second-order valence-corrected chi connectivity index (χ2v) is 5.45. The van der Waals surface area contributed by atoms with Crippen LogP contribution in [0.5, 0.6) is 5.75 Å². The van der Waals surface area contributed by atoms with Gasteiger partial charge in [-0.3, -0.25) is 20.4 Å². The normalized spacial score (nSPS) is 10.1. The van der Waals surface area contributed by atoms with Crippen LogP contribution in [-0.2, 0) is 11.2 Å². The monoisotopic (exact) mass is 326 g/mol. The molecule has 0 aliphatic heterocycles. The fourth-order valence-corrected chi connectivity index (χ4v) is 2.21. The van der Waals surface area contributed by atoms with E-state index in [1.807, 2.05) is 38.1 Å². The van der Waals surface area contributed by atoms with Crippen molar-refractivity contribution in [3.63, 3.8) is 0 Å². The van der Waals surface area contributed by atoms with Crippen LogP contribution < -0.4 is 15.6 Å². The highest BCUT2D eigenvalue weighted by Crippen LogP contribution is 2.17. The van der Waals surface area contributed by atoms with Crippen LogP contribution in [0.2, 0.25) is 0 Å². The molecule has 0 heterocycles. The summed E-state index contributed by atoms with van der Waals surface area (Å²) in [6.45, 7) is 4.47. The van der Waals surface area contributed by atoms with Crippen molar-refractivity contribution in [1.82, 2.24) is 10.9 Å². The van der Waals surface area contributed by atoms with E-state index in [1.165, 1.54) is 0 Å². The number of carbonyl (C=O) groups excluding carboxylic acids is 2. The zero-order valence-electron chi connectivity index (χ0n) is 14.0. The van der Waals surface area contributed by atoms with Crippen molar-refractivity contribution in [1.29, 1.82) is 0 Å². The maximum absolute atomic E-state index is 12.2. The summed E-state index contributed by atoms with van der Waals surface area (Å²) < 4.78 is 5.55. The van der Waals surface area contributed by atoms with Gasteiger partial charge in [0.1, 0.15) is 5.75 Å². The molecular formula is C19H22N2O3. The largest absolute Gasteiger partial charge is 0.493 e. The van der Waals surface area contributed by atoms with E-state index < -0.39 is 5.91 Å². The zero-order valence-corrected chi connectivity index (χ0v) is 14.0. The molecule has 2 N–H and O–H groups in total. The van der Waals surface area contributed by atoms with Gasteiger partial charge in [0, 0.05) is 0 Å². The maximum Gasteiger partial charge on any atom is 0.273 e. The average molecular weight is 326 g/mol. The molecule has 0 aromatic heterocycles. The van der Waals surface area contributed by atoms with Crippen LogP contribution in [-0.4, -0.2) is 18.4 Å². The SMILES string of the molecule is CCCOc1ccccc1C(=O)NNC(=O)Cc1ccccc1C. The number of aryl methyl sites for hydroxylation is 1. The Labute approximate surface area is 142 Å². The second kappa shape index (κ2) is 8.72. The van der Waals surface area contributed by atoms with Gasteiger partial charge >= 0.3 is 0 Å². The molecule has 2 amide bonds. The minimum atomic E-state index is -0.403. The predicted octanol–water partition coefficient (Wildman–Crippen LogP) is 2.79. The molecule has 5 heteroatoms. The number of hydrazine groups is 1. The smallest absolute Gasteiger partial charge is 0.273 e. The van der Waals surface area contributed by atoms with E-state index in [0.717, 1.165) is 17.5 Å². The quantitative estimate of drug-likeness (QED) is 0.802. The Balaban J connectivity index is 1.93. The van der Waals surface area contributed by atoms with Gasteiger partial charge < -0.3 is 4.74 Å². The Morgan fingerprint density at radius 3 is 2.46 bits per heavy atom.